The van der Waals surface area contributed by atoms with E-state index in [1.807, 2.05) is 46.8 Å². The van der Waals surface area contributed by atoms with Crippen LogP contribution >= 0.6 is 11.3 Å². The number of benzene rings is 1. The molecule has 6 rings (SSSR count). The van der Waals surface area contributed by atoms with Crippen LogP contribution in [0.1, 0.15) is 5.56 Å². The number of fused-ring (bicyclic) bond motifs is 2. The van der Waals surface area contributed by atoms with Crippen LogP contribution in [0.25, 0.3) is 10.9 Å². The highest BCUT2D eigenvalue weighted by atomic mass is 32.1. The zero-order valence-electron chi connectivity index (χ0n) is 16.1. The number of carbonyl (C=O) groups is 2. The Morgan fingerprint density at radius 3 is 3.17 bits per heavy atom. The van der Waals surface area contributed by atoms with Gasteiger partial charge in [0.25, 0.3) is 0 Å². The third-order valence-corrected chi connectivity index (χ3v) is 7.16. The van der Waals surface area contributed by atoms with Crippen LogP contribution in [0, 0.1) is 11.8 Å². The van der Waals surface area contributed by atoms with E-state index < -0.39 is 17.4 Å². The summed E-state index contributed by atoms with van der Waals surface area (Å²) in [6.07, 6.45) is 7.97. The summed E-state index contributed by atoms with van der Waals surface area (Å²) in [4.78, 5) is 35.5. The molecule has 2 aromatic heterocycles. The van der Waals surface area contributed by atoms with E-state index in [9.17, 15) is 9.59 Å². The summed E-state index contributed by atoms with van der Waals surface area (Å²) in [7, 11) is 0. The van der Waals surface area contributed by atoms with Crippen LogP contribution < -0.4 is 5.32 Å². The Labute approximate surface area is 176 Å². The Bertz CT molecular complexity index is 1170. The van der Waals surface area contributed by atoms with E-state index in [-0.39, 0.29) is 17.9 Å². The maximum Gasteiger partial charge on any atom is 0.233 e. The number of aromatic amines is 1. The fourth-order valence-corrected chi connectivity index (χ4v) is 5.67. The molecular weight excluding hydrogens is 400 g/mol. The van der Waals surface area contributed by atoms with Crippen molar-refractivity contribution in [3.8, 4) is 0 Å². The van der Waals surface area contributed by atoms with Crippen molar-refractivity contribution in [3.05, 3.63) is 59.8 Å². The number of hydrogen-bond acceptors (Lipinski definition) is 5. The van der Waals surface area contributed by atoms with E-state index in [1.165, 1.54) is 22.3 Å². The summed E-state index contributed by atoms with van der Waals surface area (Å²) >= 11 is 1.36. The van der Waals surface area contributed by atoms with Gasteiger partial charge in [-0.1, -0.05) is 30.4 Å². The molecule has 0 aliphatic carbocycles. The molecule has 2 amide bonds. The molecule has 2 N–H and O–H groups in total. The Hall–Kier alpha value is -2.97. The van der Waals surface area contributed by atoms with Gasteiger partial charge in [-0.15, -0.1) is 11.3 Å². The van der Waals surface area contributed by atoms with Crippen molar-refractivity contribution >= 4 is 39.2 Å². The Kier molecular flexibility index (Phi) is 3.88. The van der Waals surface area contributed by atoms with E-state index in [2.05, 4.69) is 21.4 Å². The number of carbonyl (C=O) groups excluding carboxylic acids is 2. The first-order chi connectivity index (χ1) is 14.6. The monoisotopic (exact) mass is 420 g/mol. The highest BCUT2D eigenvalue weighted by Crippen LogP contribution is 2.52. The molecule has 3 aliphatic rings. The number of thiazole rings is 1. The molecule has 30 heavy (non-hydrogen) atoms. The van der Waals surface area contributed by atoms with Gasteiger partial charge in [0.2, 0.25) is 11.8 Å². The molecule has 2 fully saturated rings. The molecule has 3 aromatic rings. The van der Waals surface area contributed by atoms with E-state index in [1.54, 1.807) is 6.20 Å². The molecule has 4 unspecified atom stereocenters. The van der Waals surface area contributed by atoms with Gasteiger partial charge in [0, 0.05) is 35.2 Å². The zero-order chi connectivity index (χ0) is 20.3. The van der Waals surface area contributed by atoms with Crippen molar-refractivity contribution in [2.24, 2.45) is 11.8 Å². The van der Waals surface area contributed by atoms with Crippen molar-refractivity contribution in [2.45, 2.75) is 18.1 Å². The van der Waals surface area contributed by atoms with Crippen LogP contribution in [0.5, 0.6) is 0 Å². The number of ether oxygens (including phenoxy) is 1. The smallest absolute Gasteiger partial charge is 0.233 e. The number of rotatable bonds is 5. The van der Waals surface area contributed by atoms with Gasteiger partial charge in [0.1, 0.15) is 5.60 Å². The number of H-pyrrole nitrogens is 1. The predicted octanol–water partition coefficient (Wildman–Crippen LogP) is 2.59. The minimum Gasteiger partial charge on any atom is -0.361 e. The van der Waals surface area contributed by atoms with E-state index in [0.29, 0.717) is 18.2 Å². The second kappa shape index (κ2) is 6.52. The number of aromatic nitrogens is 2. The van der Waals surface area contributed by atoms with Crippen LogP contribution in [-0.4, -0.2) is 51.5 Å². The van der Waals surface area contributed by atoms with Gasteiger partial charge >= 0.3 is 0 Å². The van der Waals surface area contributed by atoms with Crippen LogP contribution in [0.3, 0.4) is 0 Å². The number of anilines is 1. The maximum absolute atomic E-state index is 13.3. The molecule has 5 heterocycles. The van der Waals surface area contributed by atoms with Gasteiger partial charge in [-0.05, 0) is 18.1 Å². The van der Waals surface area contributed by atoms with Crippen molar-refractivity contribution in [3.63, 3.8) is 0 Å². The normalized spacial score (nSPS) is 29.1. The molecule has 1 aromatic carbocycles. The van der Waals surface area contributed by atoms with Crippen molar-refractivity contribution in [1.29, 1.82) is 0 Å². The SMILES string of the molecule is O=C(Nc1nccs1)C1C2C=CC3(CN(CCc4c[nH]c5ccccc45)C(=O)C13)O2. The van der Waals surface area contributed by atoms with E-state index in [0.717, 1.165) is 11.9 Å². The number of para-hydroxylation sites is 1. The van der Waals surface area contributed by atoms with Crippen molar-refractivity contribution in [2.75, 3.05) is 18.4 Å². The molecular formula is C22H20N4O3S. The average molecular weight is 420 g/mol. The highest BCUT2D eigenvalue weighted by Gasteiger charge is 2.66. The molecule has 0 radical (unpaired) electrons. The number of nitrogens with one attached hydrogen (secondary N) is 2. The summed E-state index contributed by atoms with van der Waals surface area (Å²) in [5.74, 6) is -1.20. The minimum absolute atomic E-state index is 0.000907. The summed E-state index contributed by atoms with van der Waals surface area (Å²) in [6, 6.07) is 8.16. The molecule has 1 spiro atoms. The summed E-state index contributed by atoms with van der Waals surface area (Å²) in [5, 5.41) is 6.38. The zero-order valence-corrected chi connectivity index (χ0v) is 16.9. The van der Waals surface area contributed by atoms with Gasteiger partial charge < -0.3 is 19.9 Å². The topological polar surface area (TPSA) is 87.3 Å². The molecule has 8 heteroatoms. The highest BCUT2D eigenvalue weighted by molar-refractivity contribution is 7.13. The minimum atomic E-state index is -0.688. The standard InChI is InChI=1S/C22H20N4O3S/c27-19(25-21-23-8-10-30-21)17-16-5-7-22(29-16)12-26(20(28)18(17)22)9-6-13-11-24-15-4-2-1-3-14(13)15/h1-5,7-8,10-11,16-18,24H,6,9,12H2,(H,23,25,27). The molecule has 0 saturated carbocycles. The Balaban J connectivity index is 1.21. The van der Waals surface area contributed by atoms with E-state index >= 15 is 0 Å². The fraction of sp³-hybridized carbons (Fsp3) is 0.318. The number of likely N-dealkylation sites (tertiary alicyclic amines) is 1. The lowest BCUT2D eigenvalue weighted by molar-refractivity contribution is -0.135. The lowest BCUT2D eigenvalue weighted by Crippen LogP contribution is -2.41. The average Bonchev–Trinajstić information content (AvgIpc) is 3.55. The number of amides is 2. The summed E-state index contributed by atoms with van der Waals surface area (Å²) in [5.41, 5.74) is 1.60. The summed E-state index contributed by atoms with van der Waals surface area (Å²) in [6.45, 7) is 1.09. The quantitative estimate of drug-likeness (QED) is 0.621. The lowest BCUT2D eigenvalue weighted by Gasteiger charge is -2.23. The van der Waals surface area contributed by atoms with Crippen LogP contribution in [-0.2, 0) is 20.7 Å². The first kappa shape index (κ1) is 17.9. The number of nitrogens with zero attached hydrogens (tertiary/aromatic N) is 2. The third-order valence-electron chi connectivity index (χ3n) is 6.47. The van der Waals surface area contributed by atoms with Gasteiger partial charge in [0.05, 0.1) is 24.5 Å². The van der Waals surface area contributed by atoms with Gasteiger partial charge in [-0.25, -0.2) is 4.98 Å². The molecule has 2 bridgehead atoms. The number of hydrogen-bond donors (Lipinski definition) is 2. The second-order valence-electron chi connectivity index (χ2n) is 8.10. The summed E-state index contributed by atoms with van der Waals surface area (Å²) < 4.78 is 6.19. The molecule has 7 nitrogen and oxygen atoms in total. The Morgan fingerprint density at radius 1 is 1.40 bits per heavy atom. The molecule has 2 saturated heterocycles. The predicted molar refractivity (Wildman–Crippen MR) is 113 cm³/mol. The van der Waals surface area contributed by atoms with Crippen molar-refractivity contribution < 1.29 is 14.3 Å². The first-order valence-electron chi connectivity index (χ1n) is 10.1. The fourth-order valence-electron chi connectivity index (χ4n) is 5.13. The maximum atomic E-state index is 13.3. The van der Waals surface area contributed by atoms with Crippen molar-refractivity contribution in [1.82, 2.24) is 14.9 Å². The van der Waals surface area contributed by atoms with Crippen LogP contribution in [0.15, 0.2) is 54.2 Å². The largest absolute Gasteiger partial charge is 0.361 e. The van der Waals surface area contributed by atoms with Gasteiger partial charge in [0.15, 0.2) is 5.13 Å². The first-order valence-corrected chi connectivity index (χ1v) is 10.9. The van der Waals surface area contributed by atoms with Gasteiger partial charge in [-0.2, -0.15) is 0 Å². The van der Waals surface area contributed by atoms with Crippen LogP contribution in [0.2, 0.25) is 0 Å². The van der Waals surface area contributed by atoms with E-state index in [4.69, 9.17) is 4.74 Å². The van der Waals surface area contributed by atoms with Gasteiger partial charge in [-0.3, -0.25) is 9.59 Å². The molecule has 152 valence electrons. The third kappa shape index (κ3) is 2.57. The molecule has 3 aliphatic heterocycles. The Morgan fingerprint density at radius 2 is 2.30 bits per heavy atom. The molecule has 4 atom stereocenters. The second-order valence-corrected chi connectivity index (χ2v) is 8.99. The van der Waals surface area contributed by atoms with Crippen LogP contribution in [0.4, 0.5) is 5.13 Å². The lowest BCUT2D eigenvalue weighted by atomic mass is 9.77.